The lowest BCUT2D eigenvalue weighted by Crippen LogP contribution is -2.26. The Balaban J connectivity index is 1.84. The Morgan fingerprint density at radius 2 is 1.76 bits per heavy atom. The van der Waals surface area contributed by atoms with Crippen molar-refractivity contribution in [3.63, 3.8) is 0 Å². The van der Waals surface area contributed by atoms with Crippen LogP contribution >= 0.6 is 0 Å². The summed E-state index contributed by atoms with van der Waals surface area (Å²) in [6.45, 7) is 0. The van der Waals surface area contributed by atoms with E-state index >= 15 is 0 Å². The number of pyridine rings is 1. The van der Waals surface area contributed by atoms with Crippen molar-refractivity contribution < 1.29 is 25.8 Å². The minimum Gasteiger partial charge on any atom is -0.256 e. The topological polar surface area (TPSA) is 56.3 Å². The molecule has 4 rings (SSSR count). The average Bonchev–Trinajstić information content (AvgIpc) is 2.96. The molecule has 1 unspecified atom stereocenters. The molecule has 1 aliphatic carbocycles. The molecule has 0 radical (unpaired) electrons. The smallest absolute Gasteiger partial charge is 0.256 e. The highest BCUT2D eigenvalue weighted by atomic mass is 32.2. The number of benzene rings is 2. The molecule has 2 aromatic carbocycles. The molecule has 1 aromatic heterocycles. The van der Waals surface area contributed by atoms with Crippen LogP contribution in [0.2, 0.25) is 0 Å². The largest absolute Gasteiger partial charge is 0.523 e. The third-order valence-corrected chi connectivity index (χ3v) is 5.14. The van der Waals surface area contributed by atoms with Gasteiger partial charge in [-0.2, -0.15) is 21.6 Å². The highest BCUT2D eigenvalue weighted by Gasteiger charge is 2.49. The van der Waals surface area contributed by atoms with Gasteiger partial charge >= 0.3 is 15.6 Å². The lowest BCUT2D eigenvalue weighted by atomic mass is 9.97. The van der Waals surface area contributed by atoms with Crippen molar-refractivity contribution in [2.45, 2.75) is 11.6 Å². The van der Waals surface area contributed by atoms with Crippen LogP contribution in [0.25, 0.3) is 27.8 Å². The van der Waals surface area contributed by atoms with Gasteiger partial charge < -0.3 is 0 Å². The Bertz CT molecular complexity index is 1140. The zero-order chi connectivity index (χ0) is 17.8. The second-order valence-electron chi connectivity index (χ2n) is 5.58. The summed E-state index contributed by atoms with van der Waals surface area (Å²) in [7, 11) is -5.67. The van der Waals surface area contributed by atoms with E-state index in [9.17, 15) is 21.6 Å². The van der Waals surface area contributed by atoms with E-state index in [1.807, 2.05) is 18.2 Å². The number of halogens is 3. The Morgan fingerprint density at radius 1 is 1.00 bits per heavy atom. The summed E-state index contributed by atoms with van der Waals surface area (Å²) < 4.78 is 64.5. The molecule has 0 aliphatic heterocycles. The van der Waals surface area contributed by atoms with Gasteiger partial charge in [0.05, 0.1) is 5.52 Å². The predicted octanol–water partition coefficient (Wildman–Crippen LogP) is 4.32. The van der Waals surface area contributed by atoms with Crippen LogP contribution < -0.4 is 0 Å². The van der Waals surface area contributed by atoms with Crippen molar-refractivity contribution in [2.75, 3.05) is 0 Å². The fourth-order valence-corrected chi connectivity index (χ4v) is 3.55. The van der Waals surface area contributed by atoms with Crippen molar-refractivity contribution in [2.24, 2.45) is 0 Å². The zero-order valence-corrected chi connectivity index (χ0v) is 13.3. The van der Waals surface area contributed by atoms with Gasteiger partial charge in [0.15, 0.2) is 0 Å². The summed E-state index contributed by atoms with van der Waals surface area (Å²) >= 11 is 0. The summed E-state index contributed by atoms with van der Waals surface area (Å²) in [5.41, 5.74) is -3.64. The van der Waals surface area contributed by atoms with Gasteiger partial charge in [-0.1, -0.05) is 30.3 Å². The third kappa shape index (κ3) is 2.49. The maximum absolute atomic E-state index is 12.5. The number of nitrogens with zero attached hydrogens (tertiary/aromatic N) is 1. The van der Waals surface area contributed by atoms with E-state index in [-0.39, 0.29) is 0 Å². The van der Waals surface area contributed by atoms with E-state index in [2.05, 4.69) is 9.17 Å². The van der Waals surface area contributed by atoms with Crippen molar-refractivity contribution in [3.8, 4) is 0 Å². The SMILES string of the molecule is O=S(=O)(OC1C=Cc2c1ccc1c2ccc2ncccc21)C(F)(F)F. The van der Waals surface area contributed by atoms with Crippen molar-refractivity contribution in [1.29, 1.82) is 0 Å². The van der Waals surface area contributed by atoms with Gasteiger partial charge in [-0.3, -0.25) is 9.17 Å². The van der Waals surface area contributed by atoms with E-state index in [4.69, 9.17) is 0 Å². The molecule has 0 spiro atoms. The first-order chi connectivity index (χ1) is 11.8. The molecule has 0 fully saturated rings. The molecule has 0 amide bonds. The number of aromatic nitrogens is 1. The van der Waals surface area contributed by atoms with Gasteiger partial charge in [0.1, 0.15) is 6.10 Å². The molecule has 4 nitrogen and oxygen atoms in total. The van der Waals surface area contributed by atoms with E-state index in [1.54, 1.807) is 30.5 Å². The predicted molar refractivity (Wildman–Crippen MR) is 87.1 cm³/mol. The second-order valence-corrected chi connectivity index (χ2v) is 7.14. The second kappa shape index (κ2) is 5.27. The van der Waals surface area contributed by atoms with E-state index in [1.165, 1.54) is 6.08 Å². The summed E-state index contributed by atoms with van der Waals surface area (Å²) in [4.78, 5) is 4.27. The molecule has 1 atom stereocenters. The van der Waals surface area contributed by atoms with Crippen LogP contribution in [0, 0.1) is 0 Å². The molecule has 0 N–H and O–H groups in total. The summed E-state index contributed by atoms with van der Waals surface area (Å²) in [6, 6.07) is 10.6. The van der Waals surface area contributed by atoms with Crippen molar-refractivity contribution in [3.05, 3.63) is 59.8 Å². The van der Waals surface area contributed by atoms with Crippen LogP contribution in [-0.2, 0) is 14.3 Å². The number of rotatable bonds is 2. The van der Waals surface area contributed by atoms with Crippen LogP contribution in [-0.4, -0.2) is 18.9 Å². The fraction of sp³-hybridized carbons (Fsp3) is 0.118. The molecular formula is C17H10F3NO3S. The lowest BCUT2D eigenvalue weighted by molar-refractivity contribution is -0.0560. The van der Waals surface area contributed by atoms with E-state index < -0.39 is 21.7 Å². The monoisotopic (exact) mass is 365 g/mol. The molecule has 128 valence electrons. The summed E-state index contributed by atoms with van der Waals surface area (Å²) in [6.07, 6.45) is 3.26. The first-order valence-electron chi connectivity index (χ1n) is 7.26. The van der Waals surface area contributed by atoms with Crippen LogP contribution in [0.4, 0.5) is 13.2 Å². The molecule has 1 heterocycles. The molecule has 25 heavy (non-hydrogen) atoms. The van der Waals surface area contributed by atoms with Crippen LogP contribution in [0.1, 0.15) is 17.2 Å². The van der Waals surface area contributed by atoms with Gasteiger partial charge in [0.25, 0.3) is 0 Å². The molecular weight excluding hydrogens is 355 g/mol. The van der Waals surface area contributed by atoms with E-state index in [0.717, 1.165) is 21.7 Å². The van der Waals surface area contributed by atoms with Gasteiger partial charge in [-0.15, -0.1) is 0 Å². The number of hydrogen-bond donors (Lipinski definition) is 0. The molecule has 0 bridgehead atoms. The van der Waals surface area contributed by atoms with Gasteiger partial charge in [-0.25, -0.2) is 0 Å². The summed E-state index contributed by atoms with van der Waals surface area (Å²) in [5.74, 6) is 0. The molecule has 0 saturated carbocycles. The molecule has 3 aromatic rings. The molecule has 8 heteroatoms. The normalized spacial score (nSPS) is 17.3. The summed E-state index contributed by atoms with van der Waals surface area (Å²) in [5, 5.41) is 2.58. The highest BCUT2D eigenvalue weighted by molar-refractivity contribution is 7.87. The van der Waals surface area contributed by atoms with Crippen molar-refractivity contribution in [1.82, 2.24) is 4.98 Å². The Labute approximate surface area is 140 Å². The maximum atomic E-state index is 12.5. The van der Waals surface area contributed by atoms with Gasteiger partial charge in [-0.05, 0) is 40.1 Å². The Morgan fingerprint density at radius 3 is 2.52 bits per heavy atom. The first-order valence-corrected chi connectivity index (χ1v) is 8.67. The highest BCUT2D eigenvalue weighted by Crippen LogP contribution is 2.40. The number of hydrogen-bond acceptors (Lipinski definition) is 4. The Hall–Kier alpha value is -2.45. The first kappa shape index (κ1) is 16.0. The number of alkyl halides is 3. The van der Waals surface area contributed by atoms with Crippen LogP contribution in [0.15, 0.2) is 48.7 Å². The zero-order valence-electron chi connectivity index (χ0n) is 12.5. The van der Waals surface area contributed by atoms with Crippen LogP contribution in [0.3, 0.4) is 0 Å². The fourth-order valence-electron chi connectivity index (χ4n) is 3.00. The molecule has 1 aliphatic rings. The van der Waals surface area contributed by atoms with Crippen LogP contribution in [0.5, 0.6) is 0 Å². The Kier molecular flexibility index (Phi) is 3.38. The van der Waals surface area contributed by atoms with E-state index in [0.29, 0.717) is 11.1 Å². The number of fused-ring (bicyclic) bond motifs is 5. The maximum Gasteiger partial charge on any atom is 0.523 e. The van der Waals surface area contributed by atoms with Gasteiger partial charge in [0, 0.05) is 11.6 Å². The average molecular weight is 365 g/mol. The minimum atomic E-state index is -5.67. The molecule has 0 saturated heterocycles. The standard InChI is InChI=1S/C17H10F3NO3S/c18-17(19,20)25(22,23)24-16-8-6-12-10-5-7-15-13(2-1-9-21-15)11(10)3-4-14(12)16/h1-9,16H. The lowest BCUT2D eigenvalue weighted by Gasteiger charge is -2.15. The minimum absolute atomic E-state index is 0.378. The third-order valence-electron chi connectivity index (χ3n) is 4.12. The van der Waals surface area contributed by atoms with Gasteiger partial charge in [0.2, 0.25) is 0 Å². The quantitative estimate of drug-likeness (QED) is 0.386. The van der Waals surface area contributed by atoms with Crippen molar-refractivity contribution >= 4 is 37.9 Å².